The van der Waals surface area contributed by atoms with Crippen molar-refractivity contribution < 1.29 is 24.6 Å². The summed E-state index contributed by atoms with van der Waals surface area (Å²) in [4.78, 5) is 33.5. The van der Waals surface area contributed by atoms with E-state index in [1.807, 2.05) is 0 Å². The molecule has 0 aromatic rings. The second kappa shape index (κ2) is 5.56. The van der Waals surface area contributed by atoms with Gasteiger partial charge in [-0.15, -0.1) is 0 Å². The lowest BCUT2D eigenvalue weighted by atomic mass is 9.88. The largest absolute Gasteiger partial charge is 0.481 e. The third kappa shape index (κ3) is 3.23. The molecule has 2 aliphatic rings. The smallest absolute Gasteiger partial charge is 0.326 e. The van der Waals surface area contributed by atoms with E-state index in [1.54, 1.807) is 0 Å². The lowest BCUT2D eigenvalue weighted by Gasteiger charge is -2.22. The SMILES string of the molecule is O=C(O)CCC(NC(=O)C1CC2CCC1N2)C(=O)O. The van der Waals surface area contributed by atoms with Crippen molar-refractivity contribution in [1.82, 2.24) is 10.6 Å². The molecule has 4 atom stereocenters. The Balaban J connectivity index is 1.88. The molecule has 7 heteroatoms. The Morgan fingerprint density at radius 3 is 2.47 bits per heavy atom. The molecule has 4 unspecified atom stereocenters. The molecule has 2 heterocycles. The van der Waals surface area contributed by atoms with Crippen molar-refractivity contribution in [2.24, 2.45) is 5.92 Å². The molecule has 106 valence electrons. The zero-order valence-electron chi connectivity index (χ0n) is 10.5. The second-order valence-electron chi connectivity index (χ2n) is 5.22. The lowest BCUT2D eigenvalue weighted by molar-refractivity contribution is -0.143. The van der Waals surface area contributed by atoms with Crippen molar-refractivity contribution in [2.45, 2.75) is 50.2 Å². The molecule has 2 bridgehead atoms. The third-order valence-electron chi connectivity index (χ3n) is 3.90. The van der Waals surface area contributed by atoms with E-state index in [4.69, 9.17) is 10.2 Å². The van der Waals surface area contributed by atoms with Crippen LogP contribution in [-0.2, 0) is 14.4 Å². The summed E-state index contributed by atoms with van der Waals surface area (Å²) in [5.74, 6) is -2.73. The van der Waals surface area contributed by atoms with E-state index in [0.717, 1.165) is 19.3 Å². The fourth-order valence-corrected chi connectivity index (χ4v) is 2.92. The maximum absolute atomic E-state index is 12.0. The van der Waals surface area contributed by atoms with Gasteiger partial charge in [-0.25, -0.2) is 4.79 Å². The first-order valence-corrected chi connectivity index (χ1v) is 6.48. The minimum Gasteiger partial charge on any atom is -0.481 e. The quantitative estimate of drug-likeness (QED) is 0.520. The molecule has 0 spiro atoms. The van der Waals surface area contributed by atoms with Crippen LogP contribution in [0.25, 0.3) is 0 Å². The normalized spacial score (nSPS) is 30.0. The van der Waals surface area contributed by atoms with Gasteiger partial charge in [0.1, 0.15) is 6.04 Å². The van der Waals surface area contributed by atoms with Crippen molar-refractivity contribution in [1.29, 1.82) is 0 Å². The van der Waals surface area contributed by atoms with Gasteiger partial charge in [-0.3, -0.25) is 9.59 Å². The van der Waals surface area contributed by atoms with Crippen molar-refractivity contribution in [3.8, 4) is 0 Å². The van der Waals surface area contributed by atoms with E-state index < -0.39 is 18.0 Å². The molecule has 0 saturated carbocycles. The molecule has 1 amide bonds. The Hall–Kier alpha value is -1.63. The first-order valence-electron chi connectivity index (χ1n) is 6.48. The van der Waals surface area contributed by atoms with Crippen LogP contribution in [0.15, 0.2) is 0 Å². The van der Waals surface area contributed by atoms with E-state index in [0.29, 0.717) is 6.04 Å². The van der Waals surface area contributed by atoms with E-state index in [9.17, 15) is 14.4 Å². The molecule has 2 aliphatic heterocycles. The highest BCUT2D eigenvalue weighted by Crippen LogP contribution is 2.33. The Morgan fingerprint density at radius 2 is 2.00 bits per heavy atom. The molecular formula is C12H18N2O5. The highest BCUT2D eigenvalue weighted by molar-refractivity contribution is 5.86. The molecule has 2 fully saturated rings. The average molecular weight is 270 g/mol. The minimum atomic E-state index is -1.19. The van der Waals surface area contributed by atoms with Gasteiger partial charge in [0.25, 0.3) is 0 Å². The van der Waals surface area contributed by atoms with Gasteiger partial charge < -0.3 is 20.8 Å². The first kappa shape index (κ1) is 13.8. The maximum atomic E-state index is 12.0. The highest BCUT2D eigenvalue weighted by atomic mass is 16.4. The number of hydrogen-bond acceptors (Lipinski definition) is 4. The molecule has 0 aromatic heterocycles. The minimum absolute atomic E-state index is 0.0926. The summed E-state index contributed by atoms with van der Waals surface area (Å²) in [7, 11) is 0. The number of carboxylic acid groups (broad SMARTS) is 2. The average Bonchev–Trinajstić information content (AvgIpc) is 2.95. The zero-order chi connectivity index (χ0) is 14.0. The summed E-state index contributed by atoms with van der Waals surface area (Å²) in [6.07, 6.45) is 2.38. The molecule has 4 N–H and O–H groups in total. The number of amides is 1. The molecule has 19 heavy (non-hydrogen) atoms. The Labute approximate surface area is 110 Å². The molecule has 0 aliphatic carbocycles. The Bertz CT molecular complexity index is 398. The summed E-state index contributed by atoms with van der Waals surface area (Å²) in [5.41, 5.74) is 0. The summed E-state index contributed by atoms with van der Waals surface area (Å²) < 4.78 is 0. The maximum Gasteiger partial charge on any atom is 0.326 e. The van der Waals surface area contributed by atoms with Gasteiger partial charge in [-0.1, -0.05) is 0 Å². The monoisotopic (exact) mass is 270 g/mol. The Kier molecular flexibility index (Phi) is 4.04. The van der Waals surface area contributed by atoms with Crippen LogP contribution in [0.4, 0.5) is 0 Å². The van der Waals surface area contributed by atoms with Crippen LogP contribution in [0.5, 0.6) is 0 Å². The van der Waals surface area contributed by atoms with E-state index in [2.05, 4.69) is 10.6 Å². The van der Waals surface area contributed by atoms with Crippen LogP contribution in [0, 0.1) is 5.92 Å². The molecular weight excluding hydrogens is 252 g/mol. The Morgan fingerprint density at radius 1 is 1.26 bits per heavy atom. The van der Waals surface area contributed by atoms with Crippen molar-refractivity contribution in [3.05, 3.63) is 0 Å². The first-order chi connectivity index (χ1) is 8.97. The number of rotatable bonds is 6. The number of carbonyl (C=O) groups excluding carboxylic acids is 1. The van der Waals surface area contributed by atoms with Gasteiger partial charge in [-0.05, 0) is 25.7 Å². The standard InChI is InChI=1S/C12H18N2O5/c15-10(16)4-3-9(12(18)19)14-11(17)7-5-6-1-2-8(7)13-6/h6-9,13H,1-5H2,(H,14,17)(H,15,16)(H,18,19). The molecule has 0 aromatic carbocycles. The number of hydrogen-bond donors (Lipinski definition) is 4. The predicted octanol–water partition coefficient (Wildman–Crippen LogP) is -0.439. The van der Waals surface area contributed by atoms with Gasteiger partial charge in [0.15, 0.2) is 0 Å². The van der Waals surface area contributed by atoms with Crippen LogP contribution < -0.4 is 10.6 Å². The number of carbonyl (C=O) groups is 3. The lowest BCUT2D eigenvalue weighted by Crippen LogP contribution is -2.46. The van der Waals surface area contributed by atoms with Gasteiger partial charge in [0.2, 0.25) is 5.91 Å². The fraction of sp³-hybridized carbons (Fsp3) is 0.750. The van der Waals surface area contributed by atoms with E-state index in [1.165, 1.54) is 0 Å². The summed E-state index contributed by atoms with van der Waals surface area (Å²) in [5, 5.41) is 23.3. The van der Waals surface area contributed by atoms with Crippen LogP contribution in [0.1, 0.15) is 32.1 Å². The van der Waals surface area contributed by atoms with Crippen LogP contribution in [-0.4, -0.2) is 46.2 Å². The number of aliphatic carboxylic acids is 2. The summed E-state index contributed by atoms with van der Waals surface area (Å²) >= 11 is 0. The van der Waals surface area contributed by atoms with Crippen molar-refractivity contribution in [2.75, 3.05) is 0 Å². The zero-order valence-corrected chi connectivity index (χ0v) is 10.5. The fourth-order valence-electron chi connectivity index (χ4n) is 2.92. The van der Waals surface area contributed by atoms with Gasteiger partial charge in [0.05, 0.1) is 5.92 Å². The van der Waals surface area contributed by atoms with Gasteiger partial charge in [-0.2, -0.15) is 0 Å². The van der Waals surface area contributed by atoms with Crippen LogP contribution in [0.3, 0.4) is 0 Å². The number of fused-ring (bicyclic) bond motifs is 2. The summed E-state index contributed by atoms with van der Waals surface area (Å²) in [6, 6.07) is -0.621. The molecule has 2 saturated heterocycles. The molecule has 2 rings (SSSR count). The highest BCUT2D eigenvalue weighted by Gasteiger charge is 2.43. The van der Waals surface area contributed by atoms with Crippen molar-refractivity contribution in [3.63, 3.8) is 0 Å². The predicted molar refractivity (Wildman–Crippen MR) is 64.5 cm³/mol. The van der Waals surface area contributed by atoms with Gasteiger partial charge in [0, 0.05) is 18.5 Å². The number of nitrogens with one attached hydrogen (secondary N) is 2. The number of carboxylic acids is 2. The van der Waals surface area contributed by atoms with Crippen LogP contribution >= 0.6 is 0 Å². The third-order valence-corrected chi connectivity index (χ3v) is 3.90. The summed E-state index contributed by atoms with van der Waals surface area (Å²) in [6.45, 7) is 0. The molecule has 0 radical (unpaired) electrons. The van der Waals surface area contributed by atoms with E-state index in [-0.39, 0.29) is 30.7 Å². The molecule has 7 nitrogen and oxygen atoms in total. The second-order valence-corrected chi connectivity index (χ2v) is 5.22. The van der Waals surface area contributed by atoms with Gasteiger partial charge >= 0.3 is 11.9 Å². The van der Waals surface area contributed by atoms with Crippen LogP contribution in [0.2, 0.25) is 0 Å². The topological polar surface area (TPSA) is 116 Å². The van der Waals surface area contributed by atoms with Crippen molar-refractivity contribution >= 4 is 17.8 Å². The van der Waals surface area contributed by atoms with E-state index >= 15 is 0 Å².